The molecule has 2 bridgehead atoms. The molecule has 0 spiro atoms. The minimum Gasteiger partial charge on any atom is -0.387 e. The zero-order chi connectivity index (χ0) is 24.2. The van der Waals surface area contributed by atoms with Crippen molar-refractivity contribution >= 4 is 22.4 Å². The third-order valence-electron chi connectivity index (χ3n) is 6.74. The molecule has 2 saturated heterocycles. The molecule has 2 N–H and O–H groups in total. The SMILES string of the molecule is Cc1nnc(N[C@H](C)c2cccc(C(F)(F)C(C)O)c2F)c2cc(N3CC4CC3CO4)cnc12. The molecule has 2 fully saturated rings. The van der Waals surface area contributed by atoms with Gasteiger partial charge in [0.25, 0.3) is 0 Å². The number of halogens is 3. The lowest BCUT2D eigenvalue weighted by atomic mass is 9.97. The third-order valence-corrected chi connectivity index (χ3v) is 6.74. The molecule has 1 aromatic carbocycles. The number of benzene rings is 1. The van der Waals surface area contributed by atoms with Crippen LogP contribution in [0.3, 0.4) is 0 Å². The summed E-state index contributed by atoms with van der Waals surface area (Å²) in [7, 11) is 0. The fourth-order valence-corrected chi connectivity index (χ4v) is 4.78. The maximum Gasteiger partial charge on any atom is 0.301 e. The highest BCUT2D eigenvalue weighted by molar-refractivity contribution is 5.92. The van der Waals surface area contributed by atoms with Crippen molar-refractivity contribution in [1.82, 2.24) is 15.2 Å². The van der Waals surface area contributed by atoms with Crippen LogP contribution in [0.25, 0.3) is 10.9 Å². The highest BCUT2D eigenvalue weighted by atomic mass is 19.3. The van der Waals surface area contributed by atoms with E-state index in [0.717, 1.165) is 31.6 Å². The molecule has 0 amide bonds. The third kappa shape index (κ3) is 3.74. The molecule has 0 radical (unpaired) electrons. The molecule has 34 heavy (non-hydrogen) atoms. The van der Waals surface area contributed by atoms with E-state index in [9.17, 15) is 13.9 Å². The number of anilines is 2. The Morgan fingerprint density at radius 2 is 2.06 bits per heavy atom. The first-order chi connectivity index (χ1) is 16.2. The van der Waals surface area contributed by atoms with Crippen LogP contribution < -0.4 is 10.2 Å². The van der Waals surface area contributed by atoms with Crippen molar-refractivity contribution in [2.24, 2.45) is 0 Å². The lowest BCUT2D eigenvalue weighted by molar-refractivity contribution is -0.108. The van der Waals surface area contributed by atoms with Gasteiger partial charge in [-0.3, -0.25) is 4.98 Å². The van der Waals surface area contributed by atoms with E-state index >= 15 is 4.39 Å². The Kier molecular flexibility index (Phi) is 5.60. The fourth-order valence-electron chi connectivity index (χ4n) is 4.78. The summed E-state index contributed by atoms with van der Waals surface area (Å²) in [5.41, 5.74) is 1.44. The van der Waals surface area contributed by atoms with Crippen LogP contribution >= 0.6 is 0 Å². The van der Waals surface area contributed by atoms with Crippen molar-refractivity contribution in [2.75, 3.05) is 23.4 Å². The maximum absolute atomic E-state index is 15.1. The van der Waals surface area contributed by atoms with Crippen LogP contribution in [0.5, 0.6) is 0 Å². The first kappa shape index (κ1) is 22.8. The van der Waals surface area contributed by atoms with Gasteiger partial charge in [0, 0.05) is 17.5 Å². The number of aromatic nitrogens is 3. The Hall–Kier alpha value is -2.98. The Bertz CT molecular complexity index is 1240. The molecule has 3 aromatic rings. The van der Waals surface area contributed by atoms with Crippen molar-refractivity contribution in [3.05, 3.63) is 53.1 Å². The minimum atomic E-state index is -3.71. The molecule has 4 heterocycles. The Morgan fingerprint density at radius 1 is 1.26 bits per heavy atom. The van der Waals surface area contributed by atoms with E-state index in [0.29, 0.717) is 35.1 Å². The monoisotopic (exact) mass is 473 g/mol. The van der Waals surface area contributed by atoms with Gasteiger partial charge in [0.05, 0.1) is 53.5 Å². The number of nitrogens with one attached hydrogen (secondary N) is 1. The van der Waals surface area contributed by atoms with E-state index in [1.165, 1.54) is 12.1 Å². The topological polar surface area (TPSA) is 83.4 Å². The summed E-state index contributed by atoms with van der Waals surface area (Å²) in [6.07, 6.45) is 1.00. The van der Waals surface area contributed by atoms with Gasteiger partial charge < -0.3 is 20.1 Å². The van der Waals surface area contributed by atoms with Gasteiger partial charge in [-0.1, -0.05) is 12.1 Å². The highest BCUT2D eigenvalue weighted by Gasteiger charge is 2.41. The van der Waals surface area contributed by atoms with Crippen molar-refractivity contribution in [1.29, 1.82) is 0 Å². The van der Waals surface area contributed by atoms with Gasteiger partial charge in [-0.2, -0.15) is 13.9 Å². The number of aliphatic hydroxyl groups is 1. The first-order valence-electron chi connectivity index (χ1n) is 11.3. The molecule has 0 saturated carbocycles. The molecule has 3 unspecified atom stereocenters. The largest absolute Gasteiger partial charge is 0.387 e. The number of aliphatic hydroxyl groups excluding tert-OH is 1. The van der Waals surface area contributed by atoms with E-state index in [4.69, 9.17) is 4.74 Å². The number of morpholine rings is 1. The number of pyridine rings is 1. The number of aryl methyl sites for hydroxylation is 1. The predicted molar refractivity (Wildman–Crippen MR) is 122 cm³/mol. The zero-order valence-electron chi connectivity index (χ0n) is 19.1. The van der Waals surface area contributed by atoms with Crippen LogP contribution in [0.4, 0.5) is 24.7 Å². The van der Waals surface area contributed by atoms with Gasteiger partial charge in [-0.25, -0.2) is 4.39 Å². The van der Waals surface area contributed by atoms with E-state index < -0.39 is 29.4 Å². The molecule has 5 rings (SSSR count). The number of rotatable bonds is 6. The molecule has 7 nitrogen and oxygen atoms in total. The van der Waals surface area contributed by atoms with Crippen LogP contribution in [-0.2, 0) is 10.7 Å². The van der Waals surface area contributed by atoms with Crippen LogP contribution in [0.15, 0.2) is 30.5 Å². The molecule has 2 aliphatic heterocycles. The average molecular weight is 473 g/mol. The summed E-state index contributed by atoms with van der Waals surface area (Å²) in [6, 6.07) is 5.36. The van der Waals surface area contributed by atoms with Crippen LogP contribution in [0.1, 0.15) is 43.1 Å². The van der Waals surface area contributed by atoms with E-state index in [1.807, 2.05) is 19.2 Å². The summed E-state index contributed by atoms with van der Waals surface area (Å²) in [5, 5.41) is 21.7. The van der Waals surface area contributed by atoms with Crippen molar-refractivity contribution < 1.29 is 23.0 Å². The van der Waals surface area contributed by atoms with E-state index in [1.54, 1.807) is 6.92 Å². The summed E-state index contributed by atoms with van der Waals surface area (Å²) in [5.74, 6) is -4.40. The van der Waals surface area contributed by atoms with Gasteiger partial charge in [0.15, 0.2) is 5.82 Å². The molecule has 2 aromatic heterocycles. The Labute approximate surface area is 195 Å². The molecule has 4 atom stereocenters. The van der Waals surface area contributed by atoms with Gasteiger partial charge >= 0.3 is 5.92 Å². The average Bonchev–Trinajstić information content (AvgIpc) is 3.44. The minimum absolute atomic E-state index is 0.0338. The molecular weight excluding hydrogens is 447 g/mol. The lowest BCUT2D eigenvalue weighted by Gasteiger charge is -2.29. The van der Waals surface area contributed by atoms with Gasteiger partial charge in [-0.05, 0) is 39.3 Å². The van der Waals surface area contributed by atoms with E-state index in [-0.39, 0.29) is 11.7 Å². The number of ether oxygens (including phenoxy) is 1. The second-order valence-corrected chi connectivity index (χ2v) is 9.09. The van der Waals surface area contributed by atoms with Gasteiger partial charge in [0.1, 0.15) is 11.9 Å². The maximum atomic E-state index is 15.1. The predicted octanol–water partition coefficient (Wildman–Crippen LogP) is 4.10. The van der Waals surface area contributed by atoms with Crippen molar-refractivity contribution in [3.8, 4) is 0 Å². The summed E-state index contributed by atoms with van der Waals surface area (Å²) in [4.78, 5) is 6.88. The number of nitrogens with zero attached hydrogens (tertiary/aromatic N) is 4. The number of hydrogen-bond donors (Lipinski definition) is 2. The van der Waals surface area contributed by atoms with Crippen LogP contribution in [0.2, 0.25) is 0 Å². The molecular formula is C24H26F3N5O2. The Balaban J connectivity index is 1.49. The van der Waals surface area contributed by atoms with E-state index in [2.05, 4.69) is 25.4 Å². The number of fused-ring (bicyclic) bond motifs is 3. The van der Waals surface area contributed by atoms with Crippen LogP contribution in [-0.4, -0.2) is 51.7 Å². The second-order valence-electron chi connectivity index (χ2n) is 9.09. The summed E-state index contributed by atoms with van der Waals surface area (Å²) in [6.45, 7) is 5.88. The van der Waals surface area contributed by atoms with Crippen LogP contribution in [0, 0.1) is 12.7 Å². The summed E-state index contributed by atoms with van der Waals surface area (Å²) < 4.78 is 49.5. The highest BCUT2D eigenvalue weighted by Crippen LogP contribution is 2.37. The molecule has 0 aliphatic carbocycles. The molecule has 2 aliphatic rings. The first-order valence-corrected chi connectivity index (χ1v) is 11.3. The summed E-state index contributed by atoms with van der Waals surface area (Å²) >= 11 is 0. The number of hydrogen-bond acceptors (Lipinski definition) is 7. The standard InChI is InChI=1S/C24H26F3N5O2/c1-12(18-5-4-6-20(21(18)25)24(26,27)14(3)33)29-23-19-8-15(9-28-22(19)13(2)30-31-23)32-10-17-7-16(32)11-34-17/h4-6,8-9,12,14,16-17,33H,7,10-11H2,1-3H3,(H,29,31)/t12-,14?,16?,17?/m1/s1. The second kappa shape index (κ2) is 8.35. The smallest absolute Gasteiger partial charge is 0.301 e. The zero-order valence-corrected chi connectivity index (χ0v) is 19.1. The Morgan fingerprint density at radius 3 is 2.74 bits per heavy atom. The van der Waals surface area contributed by atoms with Crippen molar-refractivity contribution in [3.63, 3.8) is 0 Å². The normalized spacial score (nSPS) is 21.8. The van der Waals surface area contributed by atoms with Gasteiger partial charge in [0.2, 0.25) is 0 Å². The quantitative estimate of drug-likeness (QED) is 0.558. The van der Waals surface area contributed by atoms with Crippen molar-refractivity contribution in [2.45, 2.75) is 57.4 Å². The lowest BCUT2D eigenvalue weighted by Crippen LogP contribution is -2.36. The fraction of sp³-hybridized carbons (Fsp3) is 0.458. The number of alkyl halides is 2. The molecule has 180 valence electrons. The molecule has 10 heteroatoms. The van der Waals surface area contributed by atoms with Gasteiger partial charge in [-0.15, -0.1) is 5.10 Å².